The lowest BCUT2D eigenvalue weighted by Gasteiger charge is -2.28. The number of carbonyl (C=O) groups excluding carboxylic acids is 3. The smallest absolute Gasteiger partial charge is 0.262 e. The fourth-order valence-corrected chi connectivity index (χ4v) is 2.64. The van der Waals surface area contributed by atoms with Gasteiger partial charge in [-0.05, 0) is 32.0 Å². The summed E-state index contributed by atoms with van der Waals surface area (Å²) >= 11 is 0. The van der Waals surface area contributed by atoms with Crippen molar-refractivity contribution >= 4 is 30.1 Å². The zero-order chi connectivity index (χ0) is 17.1. The lowest BCUT2D eigenvalue weighted by molar-refractivity contribution is -0.126. The molecule has 2 unspecified atom stereocenters. The van der Waals surface area contributed by atoms with Crippen LogP contribution in [-0.4, -0.2) is 48.3 Å². The van der Waals surface area contributed by atoms with Gasteiger partial charge in [-0.15, -0.1) is 12.4 Å². The molecule has 0 saturated heterocycles. The summed E-state index contributed by atoms with van der Waals surface area (Å²) in [4.78, 5) is 38.8. The van der Waals surface area contributed by atoms with E-state index >= 15 is 0 Å². The van der Waals surface area contributed by atoms with Gasteiger partial charge in [0.15, 0.2) is 0 Å². The zero-order valence-corrected chi connectivity index (χ0v) is 15.1. The Morgan fingerprint density at radius 1 is 1.08 bits per heavy atom. The van der Waals surface area contributed by atoms with Crippen LogP contribution in [-0.2, 0) is 4.79 Å². The van der Waals surface area contributed by atoms with Gasteiger partial charge >= 0.3 is 0 Å². The van der Waals surface area contributed by atoms with Crippen LogP contribution < -0.4 is 10.6 Å². The van der Waals surface area contributed by atoms with Crippen LogP contribution >= 0.6 is 12.4 Å². The molecular formula is C17H24ClN3O3. The molecule has 0 fully saturated rings. The number of hydrogen-bond acceptors (Lipinski definition) is 4. The summed E-state index contributed by atoms with van der Waals surface area (Å²) in [5.41, 5.74) is 0.721. The maximum Gasteiger partial charge on any atom is 0.262 e. The van der Waals surface area contributed by atoms with E-state index in [1.807, 2.05) is 20.8 Å². The van der Waals surface area contributed by atoms with Crippen LogP contribution in [0.1, 0.15) is 41.5 Å². The summed E-state index contributed by atoms with van der Waals surface area (Å²) in [5, 5.41) is 5.84. The molecule has 1 aromatic rings. The molecule has 3 amide bonds. The van der Waals surface area contributed by atoms with Crippen molar-refractivity contribution in [3.63, 3.8) is 0 Å². The van der Waals surface area contributed by atoms with E-state index in [0.717, 1.165) is 4.90 Å². The Kier molecular flexibility index (Phi) is 6.93. The number of likely N-dealkylation sites (N-methyl/N-ethyl adjacent to an activating group) is 1. The number of halogens is 1. The molecule has 0 saturated carbocycles. The van der Waals surface area contributed by atoms with E-state index in [4.69, 9.17) is 0 Å². The first-order valence-electron chi connectivity index (χ1n) is 7.80. The first-order valence-corrected chi connectivity index (χ1v) is 7.80. The van der Waals surface area contributed by atoms with Crippen molar-refractivity contribution in [2.75, 3.05) is 13.6 Å². The molecule has 2 atom stereocenters. The Balaban J connectivity index is 0.00000288. The number of imide groups is 1. The Hall–Kier alpha value is -1.92. The Bertz CT molecular complexity index is 598. The second-order valence-electron chi connectivity index (χ2n) is 6.15. The second kappa shape index (κ2) is 8.26. The van der Waals surface area contributed by atoms with Gasteiger partial charge in [-0.25, -0.2) is 0 Å². The SMILES string of the molecule is CNC(C)CNC(=O)C(C(C)C)N1C(=O)c2ccccc2C1=O.Cl. The molecule has 0 aromatic heterocycles. The summed E-state index contributed by atoms with van der Waals surface area (Å²) in [6.07, 6.45) is 0. The van der Waals surface area contributed by atoms with E-state index in [2.05, 4.69) is 10.6 Å². The minimum atomic E-state index is -0.813. The average molecular weight is 354 g/mol. The highest BCUT2D eigenvalue weighted by Gasteiger charge is 2.43. The highest BCUT2D eigenvalue weighted by atomic mass is 35.5. The van der Waals surface area contributed by atoms with Gasteiger partial charge in [-0.1, -0.05) is 26.0 Å². The lowest BCUT2D eigenvalue weighted by Crippen LogP contribution is -2.53. The quantitative estimate of drug-likeness (QED) is 0.759. The first kappa shape index (κ1) is 20.1. The fraction of sp³-hybridized carbons (Fsp3) is 0.471. The summed E-state index contributed by atoms with van der Waals surface area (Å²) in [7, 11) is 1.81. The number of amides is 3. The largest absolute Gasteiger partial charge is 0.353 e. The van der Waals surface area contributed by atoms with E-state index in [1.54, 1.807) is 31.3 Å². The molecule has 0 bridgehead atoms. The maximum atomic E-state index is 12.6. The normalized spacial score (nSPS) is 15.8. The maximum absolute atomic E-state index is 12.6. The summed E-state index contributed by atoms with van der Waals surface area (Å²) in [5.74, 6) is -1.29. The van der Waals surface area contributed by atoms with Crippen molar-refractivity contribution in [1.82, 2.24) is 15.5 Å². The third-order valence-corrected chi connectivity index (χ3v) is 4.08. The molecule has 6 nitrogen and oxygen atoms in total. The molecular weight excluding hydrogens is 330 g/mol. The Labute approximate surface area is 148 Å². The summed E-state index contributed by atoms with van der Waals surface area (Å²) < 4.78 is 0. The van der Waals surface area contributed by atoms with Crippen molar-refractivity contribution in [1.29, 1.82) is 0 Å². The number of hydrogen-bond donors (Lipinski definition) is 2. The zero-order valence-electron chi connectivity index (χ0n) is 14.3. The number of rotatable bonds is 6. The van der Waals surface area contributed by atoms with Crippen molar-refractivity contribution < 1.29 is 14.4 Å². The van der Waals surface area contributed by atoms with Crippen molar-refractivity contribution in [3.8, 4) is 0 Å². The highest BCUT2D eigenvalue weighted by molar-refractivity contribution is 6.22. The lowest BCUT2D eigenvalue weighted by atomic mass is 10.0. The number of carbonyl (C=O) groups is 3. The van der Waals surface area contributed by atoms with Gasteiger partial charge in [0.05, 0.1) is 11.1 Å². The number of benzene rings is 1. The minimum Gasteiger partial charge on any atom is -0.353 e. The van der Waals surface area contributed by atoms with E-state index in [0.29, 0.717) is 17.7 Å². The van der Waals surface area contributed by atoms with Gasteiger partial charge in [-0.2, -0.15) is 0 Å². The van der Waals surface area contributed by atoms with Crippen molar-refractivity contribution in [2.24, 2.45) is 5.92 Å². The molecule has 0 radical (unpaired) electrons. The van der Waals surface area contributed by atoms with Crippen molar-refractivity contribution in [2.45, 2.75) is 32.9 Å². The average Bonchev–Trinajstić information content (AvgIpc) is 2.78. The monoisotopic (exact) mass is 353 g/mol. The number of nitrogens with zero attached hydrogens (tertiary/aromatic N) is 1. The van der Waals surface area contributed by atoms with E-state index in [-0.39, 0.29) is 30.3 Å². The van der Waals surface area contributed by atoms with Gasteiger partial charge in [0.1, 0.15) is 6.04 Å². The molecule has 2 N–H and O–H groups in total. The molecule has 1 aliphatic heterocycles. The number of nitrogens with one attached hydrogen (secondary N) is 2. The van der Waals surface area contributed by atoms with Crippen LogP contribution in [0.25, 0.3) is 0 Å². The third kappa shape index (κ3) is 3.76. The molecule has 1 aromatic carbocycles. The molecule has 0 aliphatic carbocycles. The third-order valence-electron chi connectivity index (χ3n) is 4.08. The van der Waals surface area contributed by atoms with Crippen LogP contribution in [0.2, 0.25) is 0 Å². The van der Waals surface area contributed by atoms with E-state index in [9.17, 15) is 14.4 Å². The minimum absolute atomic E-state index is 0. The fourth-order valence-electron chi connectivity index (χ4n) is 2.64. The van der Waals surface area contributed by atoms with Gasteiger partial charge in [0.25, 0.3) is 11.8 Å². The predicted octanol–water partition coefficient (Wildman–Crippen LogP) is 1.45. The van der Waals surface area contributed by atoms with Crippen LogP contribution in [0.5, 0.6) is 0 Å². The molecule has 24 heavy (non-hydrogen) atoms. The van der Waals surface area contributed by atoms with E-state index in [1.165, 1.54) is 0 Å². The standard InChI is InChI=1S/C17H23N3O3.ClH/c1-10(2)14(15(21)19-9-11(3)18-4)20-16(22)12-7-5-6-8-13(12)17(20)23;/h5-8,10-11,14,18H,9H2,1-4H3,(H,19,21);1H. The molecule has 132 valence electrons. The Morgan fingerprint density at radius 3 is 2.00 bits per heavy atom. The van der Waals surface area contributed by atoms with Crippen LogP contribution in [0.3, 0.4) is 0 Å². The van der Waals surface area contributed by atoms with Crippen molar-refractivity contribution in [3.05, 3.63) is 35.4 Å². The first-order chi connectivity index (χ1) is 10.9. The van der Waals surface area contributed by atoms with Crippen LogP contribution in [0.15, 0.2) is 24.3 Å². The molecule has 0 spiro atoms. The van der Waals surface area contributed by atoms with E-state index < -0.39 is 17.9 Å². The van der Waals surface area contributed by atoms with Gasteiger partial charge in [0, 0.05) is 12.6 Å². The Morgan fingerprint density at radius 2 is 1.58 bits per heavy atom. The van der Waals surface area contributed by atoms with Crippen LogP contribution in [0.4, 0.5) is 0 Å². The molecule has 2 rings (SSSR count). The molecule has 7 heteroatoms. The summed E-state index contributed by atoms with van der Waals surface area (Å²) in [6.45, 7) is 6.03. The summed E-state index contributed by atoms with van der Waals surface area (Å²) in [6, 6.07) is 5.96. The molecule has 1 aliphatic rings. The van der Waals surface area contributed by atoms with Gasteiger partial charge in [-0.3, -0.25) is 19.3 Å². The predicted molar refractivity (Wildman–Crippen MR) is 94.3 cm³/mol. The van der Waals surface area contributed by atoms with Gasteiger partial charge in [0.2, 0.25) is 5.91 Å². The van der Waals surface area contributed by atoms with Crippen LogP contribution in [0, 0.1) is 5.92 Å². The van der Waals surface area contributed by atoms with Gasteiger partial charge < -0.3 is 10.6 Å². The highest BCUT2D eigenvalue weighted by Crippen LogP contribution is 2.27. The second-order valence-corrected chi connectivity index (χ2v) is 6.15. The topological polar surface area (TPSA) is 78.5 Å². The number of fused-ring (bicyclic) bond motifs is 1. The molecule has 1 heterocycles.